The largest absolute Gasteiger partial charge is 0.446 e. The van der Waals surface area contributed by atoms with Gasteiger partial charge in [0, 0.05) is 22.6 Å². The van der Waals surface area contributed by atoms with Crippen LogP contribution in [0.1, 0.15) is 37.3 Å². The predicted molar refractivity (Wildman–Crippen MR) is 108 cm³/mol. The summed E-state index contributed by atoms with van der Waals surface area (Å²) in [6, 6.07) is 21.2. The maximum Gasteiger partial charge on any atom is 0.334 e. The molecule has 2 heteroatoms. The van der Waals surface area contributed by atoms with Crippen molar-refractivity contribution in [3.8, 4) is 11.1 Å². The maximum atomic E-state index is 12.8. The number of benzene rings is 3. The molecule has 1 fully saturated rings. The Morgan fingerprint density at radius 1 is 0.963 bits per heavy atom. The van der Waals surface area contributed by atoms with Gasteiger partial charge in [0.25, 0.3) is 0 Å². The van der Waals surface area contributed by atoms with Crippen molar-refractivity contribution < 1.29 is 9.53 Å². The molecule has 1 unspecified atom stereocenters. The second kappa shape index (κ2) is 5.82. The van der Waals surface area contributed by atoms with Crippen LogP contribution in [0.5, 0.6) is 0 Å². The summed E-state index contributed by atoms with van der Waals surface area (Å²) in [6.07, 6.45) is 3.31. The van der Waals surface area contributed by atoms with E-state index in [-0.39, 0.29) is 5.97 Å². The van der Waals surface area contributed by atoms with E-state index in [0.29, 0.717) is 11.5 Å². The quantitative estimate of drug-likeness (QED) is 0.427. The number of hydrogen-bond acceptors (Lipinski definition) is 2. The van der Waals surface area contributed by atoms with Gasteiger partial charge < -0.3 is 4.74 Å². The standard InChI is InChI=1S/C25H22O2/c1-16(2)24(26)27-25(18-10-7-11-18)21-14-4-3-12-19(21)20-13-5-8-17-9-6-15-22(25)23(17)20/h3-6,8-9,12-15,18H,1,7,10-11H2,2H3. The van der Waals surface area contributed by atoms with Crippen molar-refractivity contribution >= 4 is 16.7 Å². The van der Waals surface area contributed by atoms with Gasteiger partial charge in [-0.3, -0.25) is 0 Å². The van der Waals surface area contributed by atoms with Crippen LogP contribution in [-0.4, -0.2) is 5.97 Å². The number of hydrogen-bond donors (Lipinski definition) is 0. The highest BCUT2D eigenvalue weighted by atomic mass is 16.6. The highest BCUT2D eigenvalue weighted by Gasteiger charge is 2.52. The zero-order chi connectivity index (χ0) is 18.6. The Labute approximate surface area is 159 Å². The van der Waals surface area contributed by atoms with E-state index in [1.165, 1.54) is 28.3 Å². The van der Waals surface area contributed by atoms with Crippen molar-refractivity contribution in [1.82, 2.24) is 0 Å². The van der Waals surface area contributed by atoms with E-state index in [1.807, 2.05) is 0 Å². The molecule has 2 nitrogen and oxygen atoms in total. The molecule has 1 atom stereocenters. The summed E-state index contributed by atoms with van der Waals surface area (Å²) >= 11 is 0. The topological polar surface area (TPSA) is 26.3 Å². The lowest BCUT2D eigenvalue weighted by Crippen LogP contribution is -2.46. The molecular formula is C25H22O2. The first-order valence-corrected chi connectivity index (χ1v) is 9.64. The summed E-state index contributed by atoms with van der Waals surface area (Å²) < 4.78 is 6.38. The fourth-order valence-electron chi connectivity index (χ4n) is 4.74. The average molecular weight is 354 g/mol. The lowest BCUT2D eigenvalue weighted by atomic mass is 9.62. The molecule has 0 aromatic heterocycles. The summed E-state index contributed by atoms with van der Waals surface area (Å²) in [7, 11) is 0. The highest BCUT2D eigenvalue weighted by Crippen LogP contribution is 2.57. The SMILES string of the molecule is C=C(C)C(=O)OC1(C2CCC2)c2ccccc2-c2cccc3cccc1c23. The fraction of sp³-hybridized carbons (Fsp3) is 0.240. The molecular weight excluding hydrogens is 332 g/mol. The first kappa shape index (κ1) is 16.3. The lowest BCUT2D eigenvalue weighted by molar-refractivity contribution is -0.160. The molecule has 2 aliphatic carbocycles. The van der Waals surface area contributed by atoms with Crippen LogP contribution < -0.4 is 0 Å². The Hall–Kier alpha value is -2.87. The van der Waals surface area contributed by atoms with Crippen LogP contribution in [0.3, 0.4) is 0 Å². The van der Waals surface area contributed by atoms with Gasteiger partial charge in [-0.05, 0) is 41.7 Å². The molecule has 0 bridgehead atoms. The van der Waals surface area contributed by atoms with E-state index >= 15 is 0 Å². The van der Waals surface area contributed by atoms with E-state index < -0.39 is 5.60 Å². The van der Waals surface area contributed by atoms with E-state index in [4.69, 9.17) is 4.74 Å². The average Bonchev–Trinajstić information content (AvgIpc) is 2.64. The first-order chi connectivity index (χ1) is 13.1. The molecule has 2 aliphatic rings. The summed E-state index contributed by atoms with van der Waals surface area (Å²) in [6.45, 7) is 5.55. The first-order valence-electron chi connectivity index (χ1n) is 9.64. The molecule has 3 aromatic carbocycles. The molecule has 27 heavy (non-hydrogen) atoms. The summed E-state index contributed by atoms with van der Waals surface area (Å²) in [4.78, 5) is 12.8. The van der Waals surface area contributed by atoms with Gasteiger partial charge in [-0.1, -0.05) is 73.7 Å². The van der Waals surface area contributed by atoms with Gasteiger partial charge in [-0.15, -0.1) is 0 Å². The van der Waals surface area contributed by atoms with E-state index in [0.717, 1.165) is 24.0 Å². The molecule has 0 aliphatic heterocycles. The van der Waals surface area contributed by atoms with Crippen molar-refractivity contribution in [2.45, 2.75) is 31.8 Å². The highest BCUT2D eigenvalue weighted by molar-refractivity contribution is 6.03. The minimum atomic E-state index is -0.737. The Morgan fingerprint density at radius 2 is 1.63 bits per heavy atom. The van der Waals surface area contributed by atoms with Gasteiger partial charge in [-0.25, -0.2) is 4.79 Å². The van der Waals surface area contributed by atoms with E-state index in [1.54, 1.807) is 6.92 Å². The summed E-state index contributed by atoms with van der Waals surface area (Å²) in [5.74, 6) is -0.0195. The number of ether oxygens (including phenoxy) is 1. The van der Waals surface area contributed by atoms with Gasteiger partial charge >= 0.3 is 5.97 Å². The fourth-order valence-corrected chi connectivity index (χ4v) is 4.74. The van der Waals surface area contributed by atoms with Crippen molar-refractivity contribution in [3.05, 3.63) is 83.9 Å². The summed E-state index contributed by atoms with van der Waals surface area (Å²) in [5.41, 5.74) is 4.32. The van der Waals surface area contributed by atoms with Crippen LogP contribution in [0.2, 0.25) is 0 Å². The number of carbonyl (C=O) groups excluding carboxylic acids is 1. The minimum absolute atomic E-state index is 0.293. The van der Waals surface area contributed by atoms with Crippen LogP contribution in [0.25, 0.3) is 21.9 Å². The molecule has 3 aromatic rings. The number of carbonyl (C=O) groups is 1. The van der Waals surface area contributed by atoms with Gasteiger partial charge in [0.2, 0.25) is 0 Å². The van der Waals surface area contributed by atoms with Crippen LogP contribution >= 0.6 is 0 Å². The van der Waals surface area contributed by atoms with Crippen LogP contribution in [0.4, 0.5) is 0 Å². The molecule has 0 amide bonds. The third-order valence-electron chi connectivity index (χ3n) is 6.20. The Bertz CT molecular complexity index is 1090. The van der Waals surface area contributed by atoms with Crippen molar-refractivity contribution in [3.63, 3.8) is 0 Å². The number of rotatable bonds is 3. The minimum Gasteiger partial charge on any atom is -0.446 e. The lowest BCUT2D eigenvalue weighted by Gasteiger charge is -2.48. The maximum absolute atomic E-state index is 12.8. The Morgan fingerprint density at radius 3 is 2.33 bits per heavy atom. The molecule has 0 heterocycles. The second-order valence-corrected chi connectivity index (χ2v) is 7.79. The molecule has 5 rings (SSSR count). The zero-order valence-electron chi connectivity index (χ0n) is 15.5. The molecule has 1 saturated carbocycles. The summed E-state index contributed by atoms with van der Waals surface area (Å²) in [5, 5.41) is 2.40. The van der Waals surface area contributed by atoms with Crippen LogP contribution in [0, 0.1) is 5.92 Å². The van der Waals surface area contributed by atoms with Gasteiger partial charge in [-0.2, -0.15) is 0 Å². The molecule has 0 saturated heterocycles. The smallest absolute Gasteiger partial charge is 0.334 e. The zero-order valence-corrected chi connectivity index (χ0v) is 15.5. The third kappa shape index (κ3) is 2.16. The van der Waals surface area contributed by atoms with Gasteiger partial charge in [0.15, 0.2) is 5.60 Å². The molecule has 134 valence electrons. The van der Waals surface area contributed by atoms with Gasteiger partial charge in [0.1, 0.15) is 0 Å². The molecule has 0 radical (unpaired) electrons. The Kier molecular flexibility index (Phi) is 3.51. The molecule has 0 N–H and O–H groups in total. The van der Waals surface area contributed by atoms with Crippen molar-refractivity contribution in [2.75, 3.05) is 0 Å². The van der Waals surface area contributed by atoms with Crippen LogP contribution in [-0.2, 0) is 15.1 Å². The van der Waals surface area contributed by atoms with Crippen molar-refractivity contribution in [2.24, 2.45) is 5.92 Å². The van der Waals surface area contributed by atoms with E-state index in [2.05, 4.69) is 67.2 Å². The molecule has 0 spiro atoms. The van der Waals surface area contributed by atoms with Gasteiger partial charge in [0.05, 0.1) is 0 Å². The predicted octanol–water partition coefficient (Wildman–Crippen LogP) is 5.98. The monoisotopic (exact) mass is 354 g/mol. The normalized spacial score (nSPS) is 20.6. The number of fused-ring (bicyclic) bond motifs is 2. The third-order valence-corrected chi connectivity index (χ3v) is 6.20. The Balaban J connectivity index is 1.91. The second-order valence-electron chi connectivity index (χ2n) is 7.79. The van der Waals surface area contributed by atoms with Crippen molar-refractivity contribution in [1.29, 1.82) is 0 Å². The van der Waals surface area contributed by atoms with E-state index in [9.17, 15) is 4.79 Å². The van der Waals surface area contributed by atoms with Crippen LogP contribution in [0.15, 0.2) is 72.8 Å². The number of esters is 1.